The summed E-state index contributed by atoms with van der Waals surface area (Å²) in [5, 5.41) is 14.1. The molecule has 0 saturated heterocycles. The van der Waals surface area contributed by atoms with Crippen molar-refractivity contribution in [2.45, 2.75) is 334 Å². The molecule has 0 aromatic rings. The van der Waals surface area contributed by atoms with Crippen LogP contribution < -0.4 is 5.32 Å². The quantitative estimate of drug-likeness (QED) is 0.0243. The molecule has 0 saturated carbocycles. The number of amides is 1. The van der Waals surface area contributed by atoms with E-state index in [0.29, 0.717) is 23.9 Å². The molecule has 0 aliphatic rings. The van der Waals surface area contributed by atoms with Crippen molar-refractivity contribution in [3.63, 3.8) is 0 Å². The molecule has 0 aromatic carbocycles. The third-order valence-corrected chi connectivity index (χ3v) is 15.7. The lowest BCUT2D eigenvalue weighted by molar-refractivity contribution is -0.870. The lowest BCUT2D eigenvalue weighted by atomic mass is 10.0. The normalized spacial score (nSPS) is 13.9. The Morgan fingerprint density at radius 2 is 0.792 bits per heavy atom. The molecule has 0 spiro atoms. The molecular formula is C63H126N2O6P+. The van der Waals surface area contributed by atoms with E-state index in [0.717, 1.165) is 51.4 Å². The van der Waals surface area contributed by atoms with Crippen molar-refractivity contribution in [1.29, 1.82) is 0 Å². The number of allylic oxidation sites excluding steroid dienone is 4. The molecule has 8 nitrogen and oxygen atoms in total. The summed E-state index contributed by atoms with van der Waals surface area (Å²) in [6, 6.07) is -0.765. The minimum Gasteiger partial charge on any atom is -0.391 e. The minimum absolute atomic E-state index is 0.0742. The zero-order valence-electron chi connectivity index (χ0n) is 48.9. The fourth-order valence-electron chi connectivity index (χ4n) is 9.73. The summed E-state index contributed by atoms with van der Waals surface area (Å²) in [5.74, 6) is -0.148. The number of nitrogens with zero attached hydrogens (tertiary/aromatic N) is 1. The van der Waals surface area contributed by atoms with Crippen LogP contribution in [0.1, 0.15) is 322 Å². The van der Waals surface area contributed by atoms with Gasteiger partial charge in [-0.05, 0) is 44.9 Å². The van der Waals surface area contributed by atoms with Crippen LogP contribution in [0.4, 0.5) is 0 Å². The predicted molar refractivity (Wildman–Crippen MR) is 314 cm³/mol. The van der Waals surface area contributed by atoms with E-state index in [1.54, 1.807) is 0 Å². The van der Waals surface area contributed by atoms with Crippen LogP contribution in [0.3, 0.4) is 0 Å². The molecule has 428 valence electrons. The summed E-state index contributed by atoms with van der Waals surface area (Å²) in [6.45, 7) is 4.90. The number of likely N-dealkylation sites (N-methyl/N-ethyl adjacent to an activating group) is 1. The van der Waals surface area contributed by atoms with Gasteiger partial charge < -0.3 is 19.8 Å². The van der Waals surface area contributed by atoms with E-state index in [1.807, 2.05) is 21.1 Å². The van der Waals surface area contributed by atoms with Crippen molar-refractivity contribution >= 4 is 13.7 Å². The molecule has 1 amide bonds. The van der Waals surface area contributed by atoms with E-state index in [1.165, 1.54) is 244 Å². The minimum atomic E-state index is -4.33. The van der Waals surface area contributed by atoms with Crippen LogP contribution in [0, 0.1) is 0 Å². The highest BCUT2D eigenvalue weighted by atomic mass is 31.2. The van der Waals surface area contributed by atoms with Gasteiger partial charge in [0.15, 0.2) is 0 Å². The number of carbonyl (C=O) groups excluding carboxylic acids is 1. The molecule has 0 fully saturated rings. The van der Waals surface area contributed by atoms with Gasteiger partial charge in [0.1, 0.15) is 13.2 Å². The number of quaternary nitrogens is 1. The van der Waals surface area contributed by atoms with Gasteiger partial charge in [-0.25, -0.2) is 4.57 Å². The molecule has 3 atom stereocenters. The number of unbranched alkanes of at least 4 members (excludes halogenated alkanes) is 42. The van der Waals surface area contributed by atoms with Crippen LogP contribution in [0.15, 0.2) is 24.3 Å². The maximum atomic E-state index is 13.0. The number of phosphoric ester groups is 1. The Balaban J connectivity index is 3.99. The highest BCUT2D eigenvalue weighted by molar-refractivity contribution is 7.47. The van der Waals surface area contributed by atoms with Crippen LogP contribution in [0.25, 0.3) is 0 Å². The molecule has 9 heteroatoms. The Morgan fingerprint density at radius 3 is 1.17 bits per heavy atom. The molecule has 0 aromatic heterocycles. The molecule has 3 N–H and O–H groups in total. The molecule has 0 heterocycles. The second-order valence-electron chi connectivity index (χ2n) is 23.1. The van der Waals surface area contributed by atoms with Crippen LogP contribution in [0.5, 0.6) is 0 Å². The average molecular weight is 1040 g/mol. The maximum Gasteiger partial charge on any atom is 0.472 e. The van der Waals surface area contributed by atoms with Gasteiger partial charge in [0.05, 0.1) is 39.9 Å². The number of hydrogen-bond acceptors (Lipinski definition) is 5. The molecule has 3 unspecified atom stereocenters. The third kappa shape index (κ3) is 56.7. The molecule has 0 aliphatic heterocycles. The summed E-state index contributed by atoms with van der Waals surface area (Å²) in [4.78, 5) is 23.3. The van der Waals surface area contributed by atoms with Gasteiger partial charge >= 0.3 is 7.82 Å². The zero-order chi connectivity index (χ0) is 52.7. The summed E-state index contributed by atoms with van der Waals surface area (Å²) in [6.07, 6.45) is 69.8. The van der Waals surface area contributed by atoms with Gasteiger partial charge in [-0.1, -0.05) is 295 Å². The number of aliphatic hydroxyl groups is 1. The Labute approximate surface area is 449 Å². The van der Waals surface area contributed by atoms with Gasteiger partial charge in [-0.3, -0.25) is 13.8 Å². The molecule has 0 rings (SSSR count). The van der Waals surface area contributed by atoms with E-state index in [-0.39, 0.29) is 19.1 Å². The van der Waals surface area contributed by atoms with E-state index in [4.69, 9.17) is 9.05 Å². The largest absolute Gasteiger partial charge is 0.472 e. The van der Waals surface area contributed by atoms with Crippen LogP contribution in [-0.2, 0) is 18.4 Å². The smallest absolute Gasteiger partial charge is 0.391 e. The van der Waals surface area contributed by atoms with E-state index in [2.05, 4.69) is 43.5 Å². The maximum absolute atomic E-state index is 13.0. The van der Waals surface area contributed by atoms with Crippen molar-refractivity contribution in [1.82, 2.24) is 5.32 Å². The molecule has 72 heavy (non-hydrogen) atoms. The van der Waals surface area contributed by atoms with Crippen molar-refractivity contribution in [2.75, 3.05) is 40.9 Å². The summed E-state index contributed by atoms with van der Waals surface area (Å²) >= 11 is 0. The second kappa shape index (κ2) is 54.8. The second-order valence-corrected chi connectivity index (χ2v) is 24.6. The van der Waals surface area contributed by atoms with E-state index < -0.39 is 20.0 Å². The summed E-state index contributed by atoms with van der Waals surface area (Å²) < 4.78 is 23.8. The number of nitrogens with one attached hydrogen (secondary N) is 1. The highest BCUT2D eigenvalue weighted by Gasteiger charge is 2.28. The molecule has 0 bridgehead atoms. The molecule has 0 aliphatic carbocycles. The van der Waals surface area contributed by atoms with Gasteiger partial charge in [-0.2, -0.15) is 0 Å². The van der Waals surface area contributed by atoms with E-state index >= 15 is 0 Å². The average Bonchev–Trinajstić information content (AvgIpc) is 3.34. The Bertz CT molecular complexity index is 1220. The summed E-state index contributed by atoms with van der Waals surface area (Å²) in [7, 11) is 1.62. The van der Waals surface area contributed by atoms with Crippen LogP contribution >= 0.6 is 7.82 Å². The first-order chi connectivity index (χ1) is 35.0. The van der Waals surface area contributed by atoms with Crippen molar-refractivity contribution in [3.05, 3.63) is 24.3 Å². The predicted octanol–water partition coefficient (Wildman–Crippen LogP) is 19.5. The Morgan fingerprint density at radius 1 is 0.472 bits per heavy atom. The van der Waals surface area contributed by atoms with Gasteiger partial charge in [0, 0.05) is 6.42 Å². The van der Waals surface area contributed by atoms with Gasteiger partial charge in [-0.15, -0.1) is 0 Å². The van der Waals surface area contributed by atoms with Gasteiger partial charge in [0.25, 0.3) is 0 Å². The number of phosphoric acid groups is 1. The van der Waals surface area contributed by atoms with E-state index in [9.17, 15) is 19.4 Å². The number of aliphatic hydroxyl groups excluding tert-OH is 1. The summed E-state index contributed by atoms with van der Waals surface area (Å²) in [5.41, 5.74) is 0. The van der Waals surface area contributed by atoms with Gasteiger partial charge in [0.2, 0.25) is 5.91 Å². The standard InChI is InChI=1S/C63H125N2O6P/c1-6-8-10-12-14-16-18-20-22-24-25-26-27-28-29-30-31-32-33-34-35-36-37-38-39-41-42-44-46-48-50-52-54-56-62(66)61(60-71-72(68,69)70-59-58-65(3,4)5)64-63(67)57-55-53-51-49-47-45-43-40-23-21-19-17-15-13-11-9-7-2/h15,17,21,23,61-62,66H,6-14,16,18-20,22,24-60H2,1-5H3,(H-,64,67,68,69)/p+1/b17-15-,23-21-. The molecular weight excluding hydrogens is 912 g/mol. The lowest BCUT2D eigenvalue weighted by Crippen LogP contribution is -2.46. The van der Waals surface area contributed by atoms with Crippen LogP contribution in [0.2, 0.25) is 0 Å². The fraction of sp³-hybridized carbons (Fsp3) is 0.921. The Hall–Kier alpha value is -1.02. The van der Waals surface area contributed by atoms with Crippen molar-refractivity contribution in [2.24, 2.45) is 0 Å². The highest BCUT2D eigenvalue weighted by Crippen LogP contribution is 2.43. The van der Waals surface area contributed by atoms with Crippen molar-refractivity contribution < 1.29 is 32.9 Å². The number of rotatable bonds is 59. The lowest BCUT2D eigenvalue weighted by Gasteiger charge is -2.26. The number of hydrogen-bond donors (Lipinski definition) is 3. The SMILES string of the molecule is CCCCC/C=C\C/C=C\CCCCCCCCCC(=O)NC(COP(=O)(O)OCC[N+](C)(C)C)C(O)CCCCCCCCCCCCCCCCCCCCCCCCCCCCCCCCCCC. The first-order valence-electron chi connectivity index (χ1n) is 31.7. The first kappa shape index (κ1) is 71.0. The van der Waals surface area contributed by atoms with Crippen LogP contribution in [-0.4, -0.2) is 73.4 Å². The van der Waals surface area contributed by atoms with Crippen molar-refractivity contribution in [3.8, 4) is 0 Å². The monoisotopic (exact) mass is 1040 g/mol. The topological polar surface area (TPSA) is 105 Å². The first-order valence-corrected chi connectivity index (χ1v) is 33.2. The third-order valence-electron chi connectivity index (χ3n) is 14.7. The fourth-order valence-corrected chi connectivity index (χ4v) is 10.5. The molecule has 0 radical (unpaired) electrons. The Kier molecular flexibility index (Phi) is 54.0. The number of carbonyl (C=O) groups is 1. The zero-order valence-corrected chi connectivity index (χ0v) is 49.8.